The molecule has 1 saturated heterocycles. The van der Waals surface area contributed by atoms with E-state index >= 15 is 0 Å². The standard InChI is InChI=1S/C20H30N6O5S/c1-4-5-11-26-17(21)16(18(27)22-20(26)29)24(3)19(28)15-12-14(13-23(15)2)32(30,31)25-9-7-6-8-10-25/h12-13H,4-11,21H2,1-3H3,(H,22,27,29). The van der Waals surface area contributed by atoms with Crippen LogP contribution in [0.25, 0.3) is 0 Å². The van der Waals surface area contributed by atoms with Gasteiger partial charge in [0.15, 0.2) is 5.69 Å². The SMILES string of the molecule is CCCCn1c(N)c(N(C)C(=O)c2cc(S(=O)(=O)N3CCCCC3)cn2C)c(=O)[nH]c1=O. The van der Waals surface area contributed by atoms with Crippen molar-refractivity contribution >= 4 is 27.4 Å². The van der Waals surface area contributed by atoms with Gasteiger partial charge < -0.3 is 15.2 Å². The maximum Gasteiger partial charge on any atom is 0.330 e. The van der Waals surface area contributed by atoms with E-state index in [-0.39, 0.29) is 22.1 Å². The minimum atomic E-state index is -3.72. The molecule has 11 nitrogen and oxygen atoms in total. The number of sulfonamides is 1. The lowest BCUT2D eigenvalue weighted by molar-refractivity contribution is 0.0985. The molecular weight excluding hydrogens is 436 g/mol. The Hall–Kier alpha value is -2.86. The first-order valence-electron chi connectivity index (χ1n) is 10.7. The summed E-state index contributed by atoms with van der Waals surface area (Å²) in [6.07, 6.45) is 5.47. The first-order valence-corrected chi connectivity index (χ1v) is 12.1. The molecule has 12 heteroatoms. The zero-order chi connectivity index (χ0) is 23.6. The number of amides is 1. The highest BCUT2D eigenvalue weighted by Crippen LogP contribution is 2.24. The summed E-state index contributed by atoms with van der Waals surface area (Å²) in [5.41, 5.74) is 4.58. The van der Waals surface area contributed by atoms with E-state index in [0.29, 0.717) is 26.1 Å². The van der Waals surface area contributed by atoms with Crippen molar-refractivity contribution < 1.29 is 13.2 Å². The Morgan fingerprint density at radius 2 is 1.88 bits per heavy atom. The van der Waals surface area contributed by atoms with E-state index in [4.69, 9.17) is 5.73 Å². The largest absolute Gasteiger partial charge is 0.383 e. The van der Waals surface area contributed by atoms with E-state index < -0.39 is 27.2 Å². The van der Waals surface area contributed by atoms with Gasteiger partial charge in [-0.05, 0) is 25.3 Å². The lowest BCUT2D eigenvalue weighted by atomic mass is 10.2. The summed E-state index contributed by atoms with van der Waals surface area (Å²) < 4.78 is 30.0. The van der Waals surface area contributed by atoms with Crippen LogP contribution in [0.15, 0.2) is 26.7 Å². The lowest BCUT2D eigenvalue weighted by Crippen LogP contribution is -2.39. The van der Waals surface area contributed by atoms with Gasteiger partial charge in [0, 0.05) is 39.9 Å². The maximum absolute atomic E-state index is 13.2. The Bertz CT molecular complexity index is 1220. The minimum Gasteiger partial charge on any atom is -0.383 e. The number of aromatic nitrogens is 3. The van der Waals surface area contributed by atoms with Crippen LogP contribution in [-0.2, 0) is 23.6 Å². The number of aromatic amines is 1. The third-order valence-corrected chi connectivity index (χ3v) is 7.61. The number of H-pyrrole nitrogens is 1. The van der Waals surface area contributed by atoms with Crippen LogP contribution in [0.1, 0.15) is 49.5 Å². The molecule has 0 atom stereocenters. The molecule has 0 saturated carbocycles. The third-order valence-electron chi connectivity index (χ3n) is 5.74. The molecule has 0 radical (unpaired) electrons. The van der Waals surface area contributed by atoms with Gasteiger partial charge in [-0.3, -0.25) is 19.1 Å². The van der Waals surface area contributed by atoms with Crippen LogP contribution in [0.2, 0.25) is 0 Å². The summed E-state index contributed by atoms with van der Waals surface area (Å²) in [6.45, 7) is 3.15. The monoisotopic (exact) mass is 466 g/mol. The Morgan fingerprint density at radius 3 is 2.50 bits per heavy atom. The molecule has 2 aromatic heterocycles. The van der Waals surface area contributed by atoms with E-state index in [1.165, 1.54) is 32.8 Å². The van der Waals surface area contributed by atoms with Crippen molar-refractivity contribution in [3.05, 3.63) is 38.8 Å². The number of nitrogens with zero attached hydrogens (tertiary/aromatic N) is 4. The van der Waals surface area contributed by atoms with Gasteiger partial charge in [0.25, 0.3) is 11.5 Å². The zero-order valence-electron chi connectivity index (χ0n) is 18.6. The van der Waals surface area contributed by atoms with Crippen molar-refractivity contribution in [3.8, 4) is 0 Å². The zero-order valence-corrected chi connectivity index (χ0v) is 19.4. The van der Waals surface area contributed by atoms with Crippen LogP contribution in [0.4, 0.5) is 11.5 Å². The summed E-state index contributed by atoms with van der Waals surface area (Å²) in [7, 11) is -0.796. The van der Waals surface area contributed by atoms with Crippen LogP contribution in [-0.4, -0.2) is 52.9 Å². The summed E-state index contributed by atoms with van der Waals surface area (Å²) in [5.74, 6) is -0.732. The molecule has 1 aliphatic heterocycles. The van der Waals surface area contributed by atoms with Gasteiger partial charge >= 0.3 is 5.69 Å². The molecule has 1 amide bonds. The number of nitrogens with two attached hydrogens (primary N) is 1. The van der Waals surface area contributed by atoms with Gasteiger partial charge in [0.2, 0.25) is 10.0 Å². The summed E-state index contributed by atoms with van der Waals surface area (Å²) in [4.78, 5) is 41.1. The molecule has 2 aromatic rings. The minimum absolute atomic E-state index is 0.0217. The number of nitrogens with one attached hydrogen (secondary N) is 1. The number of piperidine rings is 1. The molecule has 0 bridgehead atoms. The van der Waals surface area contributed by atoms with Crippen molar-refractivity contribution in [2.75, 3.05) is 30.8 Å². The number of aryl methyl sites for hydroxylation is 1. The molecule has 3 N–H and O–H groups in total. The Balaban J connectivity index is 1.97. The molecule has 0 aliphatic carbocycles. The van der Waals surface area contributed by atoms with E-state index in [1.807, 2.05) is 6.92 Å². The number of carbonyl (C=O) groups is 1. The van der Waals surface area contributed by atoms with Crippen LogP contribution < -0.4 is 21.9 Å². The van der Waals surface area contributed by atoms with E-state index in [2.05, 4.69) is 4.98 Å². The molecule has 1 aliphatic rings. The van der Waals surface area contributed by atoms with Gasteiger partial charge in [-0.1, -0.05) is 19.8 Å². The van der Waals surface area contributed by atoms with Gasteiger partial charge in [-0.15, -0.1) is 0 Å². The smallest absolute Gasteiger partial charge is 0.330 e. The van der Waals surface area contributed by atoms with Gasteiger partial charge in [-0.2, -0.15) is 4.31 Å². The van der Waals surface area contributed by atoms with Crippen molar-refractivity contribution in [1.82, 2.24) is 18.4 Å². The Morgan fingerprint density at radius 1 is 1.22 bits per heavy atom. The third kappa shape index (κ3) is 4.37. The molecule has 0 aromatic carbocycles. The van der Waals surface area contributed by atoms with E-state index in [0.717, 1.165) is 30.6 Å². The number of unbranched alkanes of at least 4 members (excludes halogenated alkanes) is 1. The highest BCUT2D eigenvalue weighted by molar-refractivity contribution is 7.89. The molecule has 32 heavy (non-hydrogen) atoms. The molecule has 0 unspecified atom stereocenters. The Labute approximate surface area is 186 Å². The number of anilines is 2. The molecule has 3 rings (SSSR count). The summed E-state index contributed by atoms with van der Waals surface area (Å²) in [5, 5.41) is 0. The Kier molecular flexibility index (Phi) is 6.94. The normalized spacial score (nSPS) is 15.1. The van der Waals surface area contributed by atoms with Crippen LogP contribution >= 0.6 is 0 Å². The molecule has 1 fully saturated rings. The number of nitrogen functional groups attached to an aromatic ring is 1. The number of rotatable bonds is 7. The van der Waals surface area contributed by atoms with Crippen LogP contribution in [0.3, 0.4) is 0 Å². The first-order chi connectivity index (χ1) is 15.1. The number of carbonyl (C=O) groups excluding carboxylic acids is 1. The second kappa shape index (κ2) is 9.33. The summed E-state index contributed by atoms with van der Waals surface area (Å²) in [6, 6.07) is 1.31. The predicted molar refractivity (Wildman–Crippen MR) is 121 cm³/mol. The summed E-state index contributed by atoms with van der Waals surface area (Å²) >= 11 is 0. The van der Waals surface area contributed by atoms with Crippen molar-refractivity contribution in [3.63, 3.8) is 0 Å². The molecular formula is C20H30N6O5S. The van der Waals surface area contributed by atoms with Gasteiger partial charge in [0.05, 0.1) is 0 Å². The van der Waals surface area contributed by atoms with Crippen molar-refractivity contribution in [2.24, 2.45) is 7.05 Å². The average Bonchev–Trinajstić information content (AvgIpc) is 3.15. The average molecular weight is 467 g/mol. The van der Waals surface area contributed by atoms with Crippen LogP contribution in [0.5, 0.6) is 0 Å². The first kappa shape index (κ1) is 23.8. The van der Waals surface area contributed by atoms with E-state index in [1.54, 1.807) is 7.05 Å². The molecule has 3 heterocycles. The highest BCUT2D eigenvalue weighted by atomic mass is 32.2. The lowest BCUT2D eigenvalue weighted by Gasteiger charge is -2.25. The molecule has 176 valence electrons. The predicted octanol–water partition coefficient (Wildman–Crippen LogP) is 0.709. The second-order valence-electron chi connectivity index (χ2n) is 8.00. The number of hydrogen-bond donors (Lipinski definition) is 2. The topological polar surface area (TPSA) is 143 Å². The van der Waals surface area contributed by atoms with E-state index in [9.17, 15) is 22.8 Å². The quantitative estimate of drug-likeness (QED) is 0.615. The van der Waals surface area contributed by atoms with Gasteiger partial charge in [0.1, 0.15) is 16.4 Å². The maximum atomic E-state index is 13.2. The fraction of sp³-hybridized carbons (Fsp3) is 0.550. The number of hydrogen-bond acceptors (Lipinski definition) is 6. The fourth-order valence-corrected chi connectivity index (χ4v) is 5.44. The second-order valence-corrected chi connectivity index (χ2v) is 9.94. The van der Waals surface area contributed by atoms with Crippen molar-refractivity contribution in [2.45, 2.75) is 50.5 Å². The van der Waals surface area contributed by atoms with Crippen LogP contribution in [0, 0.1) is 0 Å². The fourth-order valence-electron chi connectivity index (χ4n) is 3.86. The molecule has 0 spiro atoms. The van der Waals surface area contributed by atoms with Gasteiger partial charge in [-0.25, -0.2) is 13.2 Å². The van der Waals surface area contributed by atoms with Crippen molar-refractivity contribution in [1.29, 1.82) is 0 Å². The highest BCUT2D eigenvalue weighted by Gasteiger charge is 2.30.